The zero-order valence-corrected chi connectivity index (χ0v) is 9.44. The average molecular weight is 208 g/mol. The van der Waals surface area contributed by atoms with Gasteiger partial charge >= 0.3 is 0 Å². The molecule has 1 aromatic carbocycles. The third kappa shape index (κ3) is 1.25. The molecule has 13 heavy (non-hydrogen) atoms. The molecule has 2 heteroatoms. The Morgan fingerprint density at radius 1 is 1.38 bits per heavy atom. The van der Waals surface area contributed by atoms with Crippen LogP contribution in [0.5, 0.6) is 0 Å². The van der Waals surface area contributed by atoms with Crippen molar-refractivity contribution in [2.75, 3.05) is 6.16 Å². The van der Waals surface area contributed by atoms with Gasteiger partial charge in [-0.15, -0.1) is 11.8 Å². The van der Waals surface area contributed by atoms with E-state index in [0.717, 1.165) is 4.99 Å². The van der Waals surface area contributed by atoms with E-state index in [1.165, 1.54) is 12.6 Å². The summed E-state index contributed by atoms with van der Waals surface area (Å²) in [6.07, 6.45) is 2.91. The van der Waals surface area contributed by atoms with Gasteiger partial charge in [-0.1, -0.05) is 38.3 Å². The molecule has 68 valence electrons. The minimum absolute atomic E-state index is 0.187. The molecular weight excluding hydrogens is 195 g/mol. The van der Waals surface area contributed by atoms with Gasteiger partial charge in [0.15, 0.2) is 0 Å². The van der Waals surface area contributed by atoms with Crippen molar-refractivity contribution < 1.29 is 0 Å². The highest BCUT2D eigenvalue weighted by molar-refractivity contribution is 8.16. The lowest BCUT2D eigenvalue weighted by atomic mass is 10.2. The van der Waals surface area contributed by atoms with Gasteiger partial charge in [0.05, 0.1) is 0 Å². The summed E-state index contributed by atoms with van der Waals surface area (Å²) in [7, 11) is 0.187. The van der Waals surface area contributed by atoms with Gasteiger partial charge in [0.1, 0.15) is 0 Å². The molecule has 2 saturated heterocycles. The number of thioether (sulfide) groups is 1. The molecule has 0 N–H and O–H groups in total. The fourth-order valence-electron chi connectivity index (χ4n) is 2.14. The zero-order chi connectivity index (χ0) is 8.89. The maximum atomic E-state index is 2.44. The van der Waals surface area contributed by atoms with Crippen molar-refractivity contribution in [1.29, 1.82) is 0 Å². The van der Waals surface area contributed by atoms with E-state index >= 15 is 0 Å². The van der Waals surface area contributed by atoms with Crippen molar-refractivity contribution in [3.8, 4) is 0 Å². The van der Waals surface area contributed by atoms with Crippen molar-refractivity contribution in [1.82, 2.24) is 0 Å². The summed E-state index contributed by atoms with van der Waals surface area (Å²) < 4.78 is 0.682. The van der Waals surface area contributed by atoms with Gasteiger partial charge in [0, 0.05) is 9.74 Å². The van der Waals surface area contributed by atoms with E-state index < -0.39 is 0 Å². The van der Waals surface area contributed by atoms with Crippen LogP contribution in [-0.2, 0) is 0 Å². The first-order chi connectivity index (χ1) is 6.30. The van der Waals surface area contributed by atoms with Gasteiger partial charge in [-0.25, -0.2) is 0 Å². The van der Waals surface area contributed by atoms with Crippen LogP contribution in [0.15, 0.2) is 30.3 Å². The first kappa shape index (κ1) is 8.32. The Labute approximate surface area is 84.9 Å². The highest BCUT2D eigenvalue weighted by atomic mass is 32.2. The highest BCUT2D eigenvalue weighted by Crippen LogP contribution is 2.75. The van der Waals surface area contributed by atoms with Gasteiger partial charge in [-0.2, -0.15) is 0 Å². The van der Waals surface area contributed by atoms with E-state index in [4.69, 9.17) is 0 Å². The van der Waals surface area contributed by atoms with Crippen LogP contribution in [0.2, 0.25) is 0 Å². The summed E-state index contributed by atoms with van der Waals surface area (Å²) in [4.78, 5) is 0.991. The van der Waals surface area contributed by atoms with Crippen LogP contribution >= 0.6 is 19.7 Å². The quantitative estimate of drug-likeness (QED) is 0.505. The first-order valence-electron chi connectivity index (χ1n) is 4.79. The average Bonchev–Trinajstić information content (AvgIpc) is 2.71. The third-order valence-electron chi connectivity index (χ3n) is 3.07. The lowest BCUT2D eigenvalue weighted by molar-refractivity contribution is 0.780. The molecule has 0 aliphatic carbocycles. The summed E-state index contributed by atoms with van der Waals surface area (Å²) in [6.45, 7) is 2.44. The number of benzene rings is 1. The molecule has 0 radical (unpaired) electrons. The summed E-state index contributed by atoms with van der Waals surface area (Å²) in [5, 5.41) is 1.62. The second kappa shape index (κ2) is 2.74. The normalized spacial score (nSPS) is 41.6. The molecule has 1 aromatic rings. The summed E-state index contributed by atoms with van der Waals surface area (Å²) in [6, 6.07) is 11.1. The SMILES string of the molecule is CC12CCP(c3ccccc3)C1S2. The van der Waals surface area contributed by atoms with Gasteiger partial charge in [0.2, 0.25) is 0 Å². The van der Waals surface area contributed by atoms with Crippen molar-refractivity contribution in [2.45, 2.75) is 23.1 Å². The zero-order valence-electron chi connectivity index (χ0n) is 7.73. The summed E-state index contributed by atoms with van der Waals surface area (Å²) >= 11 is 2.21. The molecular formula is C11H13PS. The molecule has 0 nitrogen and oxygen atoms in total. The van der Waals surface area contributed by atoms with Gasteiger partial charge in [-0.05, 0) is 24.8 Å². The summed E-state index contributed by atoms with van der Waals surface area (Å²) in [5.74, 6) is 0. The Bertz CT molecular complexity index is 324. The predicted molar refractivity (Wildman–Crippen MR) is 62.3 cm³/mol. The maximum Gasteiger partial charge on any atom is 0.0439 e. The molecule has 2 fully saturated rings. The third-order valence-corrected chi connectivity index (χ3v) is 8.59. The lowest BCUT2D eigenvalue weighted by Gasteiger charge is -2.10. The molecule has 2 aliphatic heterocycles. The molecule has 2 aliphatic rings. The standard InChI is InChI=1S/C11H13PS/c1-11-7-8-12(10(11)13-11)9-5-3-2-4-6-9/h2-6,10H,7-8H2,1H3. The van der Waals surface area contributed by atoms with Crippen LogP contribution < -0.4 is 5.30 Å². The molecule has 0 aromatic heterocycles. The van der Waals surface area contributed by atoms with Crippen LogP contribution in [-0.4, -0.2) is 15.9 Å². The number of fused-ring (bicyclic) bond motifs is 1. The Morgan fingerprint density at radius 3 is 2.69 bits per heavy atom. The van der Waals surface area contributed by atoms with E-state index in [0.29, 0.717) is 4.75 Å². The smallest absolute Gasteiger partial charge is 0.0439 e. The van der Waals surface area contributed by atoms with Gasteiger partial charge in [-0.3, -0.25) is 0 Å². The Hall–Kier alpha value is -0.0000000000000000555. The fraction of sp³-hybridized carbons (Fsp3) is 0.455. The van der Waals surface area contributed by atoms with E-state index in [-0.39, 0.29) is 7.92 Å². The van der Waals surface area contributed by atoms with Gasteiger partial charge in [0.25, 0.3) is 0 Å². The van der Waals surface area contributed by atoms with Crippen LogP contribution in [0.1, 0.15) is 13.3 Å². The molecule has 2 heterocycles. The lowest BCUT2D eigenvalue weighted by Crippen LogP contribution is -2.03. The Balaban J connectivity index is 1.89. The van der Waals surface area contributed by atoms with Crippen molar-refractivity contribution in [3.05, 3.63) is 30.3 Å². The molecule has 0 amide bonds. The van der Waals surface area contributed by atoms with Crippen LogP contribution in [0, 0.1) is 0 Å². The van der Waals surface area contributed by atoms with E-state index in [9.17, 15) is 0 Å². The van der Waals surface area contributed by atoms with Crippen molar-refractivity contribution >= 4 is 25.0 Å². The molecule has 0 bridgehead atoms. The maximum absolute atomic E-state index is 2.44. The molecule has 3 atom stereocenters. The number of rotatable bonds is 1. The number of hydrogen-bond donors (Lipinski definition) is 0. The van der Waals surface area contributed by atoms with Crippen molar-refractivity contribution in [3.63, 3.8) is 0 Å². The minimum atomic E-state index is 0.187. The van der Waals surface area contributed by atoms with E-state index in [1.54, 1.807) is 5.30 Å². The van der Waals surface area contributed by atoms with E-state index in [2.05, 4.69) is 49.0 Å². The monoisotopic (exact) mass is 208 g/mol. The molecule has 0 saturated carbocycles. The second-order valence-corrected chi connectivity index (χ2v) is 8.47. The van der Waals surface area contributed by atoms with Crippen LogP contribution in [0.25, 0.3) is 0 Å². The second-order valence-electron chi connectivity index (χ2n) is 4.06. The predicted octanol–water partition coefficient (Wildman–Crippen LogP) is 3.03. The van der Waals surface area contributed by atoms with Crippen molar-refractivity contribution in [2.24, 2.45) is 0 Å². The minimum Gasteiger partial charge on any atom is -0.144 e. The molecule has 3 rings (SSSR count). The molecule has 0 spiro atoms. The first-order valence-corrected chi connectivity index (χ1v) is 7.27. The molecule has 3 unspecified atom stereocenters. The highest BCUT2D eigenvalue weighted by Gasteiger charge is 2.59. The summed E-state index contributed by atoms with van der Waals surface area (Å²) in [5.41, 5.74) is 0. The largest absolute Gasteiger partial charge is 0.144 e. The Morgan fingerprint density at radius 2 is 2.15 bits per heavy atom. The fourth-order valence-corrected chi connectivity index (χ4v) is 8.18. The van der Waals surface area contributed by atoms with Gasteiger partial charge < -0.3 is 0 Å². The van der Waals surface area contributed by atoms with E-state index in [1.807, 2.05) is 0 Å². The topological polar surface area (TPSA) is 0 Å². The Kier molecular flexibility index (Phi) is 1.76. The van der Waals surface area contributed by atoms with Crippen LogP contribution in [0.3, 0.4) is 0 Å². The van der Waals surface area contributed by atoms with Crippen LogP contribution in [0.4, 0.5) is 0 Å². The number of hydrogen-bond acceptors (Lipinski definition) is 1.